The molecule has 0 aliphatic rings. The highest BCUT2D eigenvalue weighted by Gasteiger charge is 2.04. The maximum absolute atomic E-state index is 5.81. The summed E-state index contributed by atoms with van der Waals surface area (Å²) in [5.41, 5.74) is 2.00. The molecular formula is C15H20N2O. The minimum absolute atomic E-state index is 0.757. The zero-order valence-electron chi connectivity index (χ0n) is 11.1. The Morgan fingerprint density at radius 1 is 1.22 bits per heavy atom. The number of fused-ring (bicyclic) bond motifs is 1. The highest BCUT2D eigenvalue weighted by molar-refractivity contribution is 5.84. The second kappa shape index (κ2) is 6.36. The Morgan fingerprint density at radius 3 is 2.89 bits per heavy atom. The average molecular weight is 244 g/mol. The standard InChI is InChI=1S/C15H20N2O/c1-3-4-10-18-14-7-5-6-12-8-9-13(11-16-2)17-15(12)14/h5-9,16H,3-4,10-11H2,1-2H3. The van der Waals surface area contributed by atoms with E-state index in [1.54, 1.807) is 0 Å². The molecule has 0 bridgehead atoms. The third-order valence-electron chi connectivity index (χ3n) is 2.85. The number of unbranched alkanes of at least 4 members (excludes halogenated alkanes) is 1. The number of rotatable bonds is 6. The molecule has 0 unspecified atom stereocenters. The van der Waals surface area contributed by atoms with Gasteiger partial charge in [-0.2, -0.15) is 0 Å². The minimum atomic E-state index is 0.757. The SMILES string of the molecule is CCCCOc1cccc2ccc(CNC)nc12. The minimum Gasteiger partial charge on any atom is -0.491 e. The maximum atomic E-state index is 5.81. The molecule has 1 aromatic carbocycles. The first-order valence-corrected chi connectivity index (χ1v) is 6.51. The van der Waals surface area contributed by atoms with Gasteiger partial charge in [-0.3, -0.25) is 0 Å². The van der Waals surface area contributed by atoms with Crippen molar-refractivity contribution in [2.45, 2.75) is 26.3 Å². The van der Waals surface area contributed by atoms with Crippen molar-refractivity contribution in [1.29, 1.82) is 0 Å². The summed E-state index contributed by atoms with van der Waals surface area (Å²) < 4.78 is 5.81. The van der Waals surface area contributed by atoms with Gasteiger partial charge in [0.25, 0.3) is 0 Å². The molecule has 3 nitrogen and oxygen atoms in total. The summed E-state index contributed by atoms with van der Waals surface area (Å²) in [5.74, 6) is 0.888. The molecule has 0 radical (unpaired) electrons. The Kier molecular flexibility index (Phi) is 4.53. The van der Waals surface area contributed by atoms with Crippen molar-refractivity contribution in [3.8, 4) is 5.75 Å². The fourth-order valence-corrected chi connectivity index (χ4v) is 1.88. The number of ether oxygens (including phenoxy) is 1. The van der Waals surface area contributed by atoms with E-state index in [0.717, 1.165) is 48.3 Å². The van der Waals surface area contributed by atoms with E-state index in [9.17, 15) is 0 Å². The smallest absolute Gasteiger partial charge is 0.145 e. The van der Waals surface area contributed by atoms with Crippen LogP contribution >= 0.6 is 0 Å². The molecule has 0 fully saturated rings. The summed E-state index contributed by atoms with van der Waals surface area (Å²) in [4.78, 5) is 4.66. The number of pyridine rings is 1. The number of nitrogens with zero attached hydrogens (tertiary/aromatic N) is 1. The van der Waals surface area contributed by atoms with Gasteiger partial charge in [-0.25, -0.2) is 4.98 Å². The fourth-order valence-electron chi connectivity index (χ4n) is 1.88. The second-order valence-electron chi connectivity index (χ2n) is 4.36. The Labute approximate surface area is 108 Å². The lowest BCUT2D eigenvalue weighted by Gasteiger charge is -2.09. The van der Waals surface area contributed by atoms with Crippen LogP contribution in [0.25, 0.3) is 10.9 Å². The summed E-state index contributed by atoms with van der Waals surface area (Å²) in [5, 5.41) is 4.25. The van der Waals surface area contributed by atoms with Gasteiger partial charge in [0.15, 0.2) is 0 Å². The van der Waals surface area contributed by atoms with Crippen molar-refractivity contribution in [3.05, 3.63) is 36.0 Å². The van der Waals surface area contributed by atoms with Gasteiger partial charge >= 0.3 is 0 Å². The van der Waals surface area contributed by atoms with Crippen molar-refractivity contribution < 1.29 is 4.74 Å². The van der Waals surface area contributed by atoms with E-state index in [0.29, 0.717) is 0 Å². The Balaban J connectivity index is 2.29. The zero-order chi connectivity index (χ0) is 12.8. The zero-order valence-corrected chi connectivity index (χ0v) is 11.1. The lowest BCUT2D eigenvalue weighted by molar-refractivity contribution is 0.312. The van der Waals surface area contributed by atoms with Gasteiger partial charge < -0.3 is 10.1 Å². The average Bonchev–Trinajstić information content (AvgIpc) is 2.40. The van der Waals surface area contributed by atoms with Crippen LogP contribution in [-0.4, -0.2) is 18.6 Å². The number of nitrogens with one attached hydrogen (secondary N) is 1. The highest BCUT2D eigenvalue weighted by Crippen LogP contribution is 2.24. The number of para-hydroxylation sites is 1. The molecule has 18 heavy (non-hydrogen) atoms. The molecule has 2 aromatic rings. The van der Waals surface area contributed by atoms with Crippen molar-refractivity contribution in [3.63, 3.8) is 0 Å². The molecule has 2 rings (SSSR count). The van der Waals surface area contributed by atoms with E-state index in [-0.39, 0.29) is 0 Å². The molecule has 0 saturated heterocycles. The van der Waals surface area contributed by atoms with Gasteiger partial charge in [0, 0.05) is 11.9 Å². The molecule has 1 N–H and O–H groups in total. The van der Waals surface area contributed by atoms with Crippen LogP contribution in [0.4, 0.5) is 0 Å². The van der Waals surface area contributed by atoms with Gasteiger partial charge in [-0.15, -0.1) is 0 Å². The lowest BCUT2D eigenvalue weighted by Crippen LogP contribution is -2.07. The molecule has 0 aliphatic carbocycles. The summed E-state index contributed by atoms with van der Waals surface area (Å²) in [7, 11) is 1.93. The molecule has 0 atom stereocenters. The lowest BCUT2D eigenvalue weighted by atomic mass is 10.2. The molecule has 1 heterocycles. The number of hydrogen-bond donors (Lipinski definition) is 1. The molecule has 0 saturated carbocycles. The van der Waals surface area contributed by atoms with Crippen LogP contribution in [0.2, 0.25) is 0 Å². The topological polar surface area (TPSA) is 34.1 Å². The van der Waals surface area contributed by atoms with Crippen LogP contribution in [-0.2, 0) is 6.54 Å². The largest absolute Gasteiger partial charge is 0.491 e. The molecule has 0 amide bonds. The van der Waals surface area contributed by atoms with Crippen LogP contribution in [0.5, 0.6) is 5.75 Å². The predicted molar refractivity (Wildman–Crippen MR) is 74.9 cm³/mol. The van der Waals surface area contributed by atoms with Gasteiger partial charge in [0.05, 0.1) is 12.3 Å². The first kappa shape index (κ1) is 12.8. The quantitative estimate of drug-likeness (QED) is 0.793. The van der Waals surface area contributed by atoms with Gasteiger partial charge in [0.1, 0.15) is 11.3 Å². The van der Waals surface area contributed by atoms with Gasteiger partial charge in [-0.05, 0) is 25.6 Å². The third kappa shape index (κ3) is 2.99. The monoisotopic (exact) mass is 244 g/mol. The molecule has 0 aliphatic heterocycles. The van der Waals surface area contributed by atoms with Gasteiger partial charge in [0.2, 0.25) is 0 Å². The first-order valence-electron chi connectivity index (χ1n) is 6.51. The third-order valence-corrected chi connectivity index (χ3v) is 2.85. The van der Waals surface area contributed by atoms with Crippen LogP contribution in [0.3, 0.4) is 0 Å². The predicted octanol–water partition coefficient (Wildman–Crippen LogP) is 3.13. The molecule has 1 aromatic heterocycles. The fraction of sp³-hybridized carbons (Fsp3) is 0.400. The number of hydrogen-bond acceptors (Lipinski definition) is 3. The van der Waals surface area contributed by atoms with E-state index in [2.05, 4.69) is 35.4 Å². The van der Waals surface area contributed by atoms with Crippen molar-refractivity contribution in [1.82, 2.24) is 10.3 Å². The van der Waals surface area contributed by atoms with E-state index in [1.807, 2.05) is 19.2 Å². The maximum Gasteiger partial charge on any atom is 0.145 e. The Bertz CT molecular complexity index is 511. The number of aromatic nitrogens is 1. The van der Waals surface area contributed by atoms with E-state index >= 15 is 0 Å². The summed E-state index contributed by atoms with van der Waals surface area (Å²) in [6.07, 6.45) is 2.22. The van der Waals surface area contributed by atoms with Crippen molar-refractivity contribution in [2.75, 3.05) is 13.7 Å². The van der Waals surface area contributed by atoms with Crippen LogP contribution < -0.4 is 10.1 Å². The van der Waals surface area contributed by atoms with E-state index in [4.69, 9.17) is 4.74 Å². The summed E-state index contributed by atoms with van der Waals surface area (Å²) in [6, 6.07) is 10.2. The second-order valence-corrected chi connectivity index (χ2v) is 4.36. The normalized spacial score (nSPS) is 10.8. The van der Waals surface area contributed by atoms with Crippen LogP contribution in [0.1, 0.15) is 25.5 Å². The van der Waals surface area contributed by atoms with Gasteiger partial charge in [-0.1, -0.05) is 31.5 Å². The molecule has 96 valence electrons. The molecule has 0 spiro atoms. The summed E-state index contributed by atoms with van der Waals surface area (Å²) >= 11 is 0. The molecular weight excluding hydrogens is 224 g/mol. The first-order chi connectivity index (χ1) is 8.85. The summed E-state index contributed by atoms with van der Waals surface area (Å²) in [6.45, 7) is 3.70. The van der Waals surface area contributed by atoms with Crippen molar-refractivity contribution in [2.24, 2.45) is 0 Å². The van der Waals surface area contributed by atoms with E-state index in [1.165, 1.54) is 0 Å². The molecule has 3 heteroatoms. The Morgan fingerprint density at radius 2 is 2.11 bits per heavy atom. The van der Waals surface area contributed by atoms with E-state index < -0.39 is 0 Å². The van der Waals surface area contributed by atoms with Crippen molar-refractivity contribution >= 4 is 10.9 Å². The Hall–Kier alpha value is -1.61. The van der Waals surface area contributed by atoms with Crippen LogP contribution in [0.15, 0.2) is 30.3 Å². The highest BCUT2D eigenvalue weighted by atomic mass is 16.5. The van der Waals surface area contributed by atoms with Crippen LogP contribution in [0, 0.1) is 0 Å². The number of benzene rings is 1.